The molecule has 0 spiro atoms. The first kappa shape index (κ1) is 20.2. The van der Waals surface area contributed by atoms with E-state index in [0.717, 1.165) is 13.0 Å². The molecule has 4 heteroatoms. The van der Waals surface area contributed by atoms with Crippen molar-refractivity contribution in [1.82, 2.24) is 10.2 Å². The molecular formula is C17H36N2O2. The summed E-state index contributed by atoms with van der Waals surface area (Å²) in [5.41, 5.74) is -0.707. The molecular weight excluding hydrogens is 264 g/mol. The lowest BCUT2D eigenvalue weighted by atomic mass is 10.0. The predicted molar refractivity (Wildman–Crippen MR) is 89.6 cm³/mol. The molecule has 0 aliphatic heterocycles. The second-order valence-corrected chi connectivity index (χ2v) is 8.02. The van der Waals surface area contributed by atoms with E-state index in [2.05, 4.69) is 26.1 Å². The predicted octanol–water partition coefficient (Wildman–Crippen LogP) is 4.05. The van der Waals surface area contributed by atoms with Crippen molar-refractivity contribution in [3.8, 4) is 0 Å². The molecule has 0 radical (unpaired) electrons. The van der Waals surface area contributed by atoms with Gasteiger partial charge >= 0.3 is 6.09 Å². The molecule has 1 N–H and O–H groups in total. The van der Waals surface area contributed by atoms with Gasteiger partial charge in [-0.2, -0.15) is 0 Å². The van der Waals surface area contributed by atoms with E-state index in [4.69, 9.17) is 4.74 Å². The molecule has 0 aliphatic rings. The van der Waals surface area contributed by atoms with Gasteiger partial charge in [-0.05, 0) is 53.9 Å². The molecule has 0 fully saturated rings. The average molecular weight is 300 g/mol. The number of ether oxygens (including phenoxy) is 1. The number of nitrogens with zero attached hydrogens (tertiary/aromatic N) is 1. The topological polar surface area (TPSA) is 41.6 Å². The Hall–Kier alpha value is -0.770. The Morgan fingerprint density at radius 2 is 1.67 bits per heavy atom. The van der Waals surface area contributed by atoms with Gasteiger partial charge in [-0.15, -0.1) is 0 Å². The Bertz CT molecular complexity index is 314. The summed E-state index contributed by atoms with van der Waals surface area (Å²) in [5.74, 6) is 0.597. The quantitative estimate of drug-likeness (QED) is 0.804. The van der Waals surface area contributed by atoms with Crippen molar-refractivity contribution in [1.29, 1.82) is 0 Å². The number of nitrogens with one attached hydrogen (secondary N) is 1. The molecule has 0 aliphatic carbocycles. The first-order valence-corrected chi connectivity index (χ1v) is 8.12. The molecule has 0 aromatic carbocycles. The fraction of sp³-hybridized carbons (Fsp3) is 0.941. The maximum Gasteiger partial charge on any atom is 0.410 e. The summed E-state index contributed by atoms with van der Waals surface area (Å²) < 4.78 is 5.52. The lowest BCUT2D eigenvalue weighted by Gasteiger charge is -2.37. The van der Waals surface area contributed by atoms with Crippen LogP contribution >= 0.6 is 0 Å². The van der Waals surface area contributed by atoms with Crippen LogP contribution in [-0.4, -0.2) is 41.3 Å². The van der Waals surface area contributed by atoms with Crippen LogP contribution in [0.5, 0.6) is 0 Å². The van der Waals surface area contributed by atoms with Gasteiger partial charge in [-0.3, -0.25) is 0 Å². The maximum atomic E-state index is 12.4. The Morgan fingerprint density at radius 1 is 1.14 bits per heavy atom. The van der Waals surface area contributed by atoms with Crippen LogP contribution in [0.3, 0.4) is 0 Å². The molecule has 1 atom stereocenters. The second kappa shape index (κ2) is 8.02. The highest BCUT2D eigenvalue weighted by Crippen LogP contribution is 2.18. The highest BCUT2D eigenvalue weighted by atomic mass is 16.6. The summed E-state index contributed by atoms with van der Waals surface area (Å²) in [6.07, 6.45) is 0.856. The van der Waals surface area contributed by atoms with Gasteiger partial charge in [-0.25, -0.2) is 4.79 Å². The van der Waals surface area contributed by atoms with Crippen molar-refractivity contribution in [3.05, 3.63) is 0 Å². The van der Waals surface area contributed by atoms with E-state index in [1.54, 1.807) is 4.90 Å². The van der Waals surface area contributed by atoms with Gasteiger partial charge in [0.2, 0.25) is 0 Å². The number of carbonyl (C=O) groups is 1. The molecule has 1 unspecified atom stereocenters. The van der Waals surface area contributed by atoms with Gasteiger partial charge in [0.25, 0.3) is 0 Å². The smallest absolute Gasteiger partial charge is 0.410 e. The summed E-state index contributed by atoms with van der Waals surface area (Å²) in [6.45, 7) is 19.9. The molecule has 0 heterocycles. The van der Waals surface area contributed by atoms with Crippen molar-refractivity contribution >= 4 is 6.09 Å². The van der Waals surface area contributed by atoms with E-state index in [1.165, 1.54) is 0 Å². The summed E-state index contributed by atoms with van der Waals surface area (Å²) in [4.78, 5) is 14.2. The van der Waals surface area contributed by atoms with Gasteiger partial charge < -0.3 is 15.0 Å². The van der Waals surface area contributed by atoms with Crippen molar-refractivity contribution in [2.45, 2.75) is 85.9 Å². The fourth-order valence-corrected chi connectivity index (χ4v) is 2.23. The lowest BCUT2D eigenvalue weighted by molar-refractivity contribution is 0.00637. The molecule has 21 heavy (non-hydrogen) atoms. The SMILES string of the molecule is CCC(NCCN(C(=O)OC(C)(C)C)C(C)(C)C)C(C)C. The molecule has 0 saturated carbocycles. The number of carbonyl (C=O) groups excluding carboxylic acids is 1. The third-order valence-electron chi connectivity index (χ3n) is 3.41. The van der Waals surface area contributed by atoms with Crippen LogP contribution in [0.1, 0.15) is 68.7 Å². The molecule has 0 aromatic heterocycles. The van der Waals surface area contributed by atoms with Crippen LogP contribution in [0.2, 0.25) is 0 Å². The third-order valence-corrected chi connectivity index (χ3v) is 3.41. The molecule has 0 aromatic rings. The van der Waals surface area contributed by atoms with Gasteiger partial charge in [0.1, 0.15) is 5.60 Å². The minimum absolute atomic E-state index is 0.241. The standard InChI is InChI=1S/C17H36N2O2/c1-10-14(13(2)3)18-11-12-19(16(4,5)6)15(20)21-17(7,8)9/h13-14,18H,10-12H2,1-9H3. The van der Waals surface area contributed by atoms with Crippen LogP contribution in [0.15, 0.2) is 0 Å². The maximum absolute atomic E-state index is 12.4. The van der Waals surface area contributed by atoms with E-state index in [-0.39, 0.29) is 11.6 Å². The van der Waals surface area contributed by atoms with Crippen LogP contribution in [0.4, 0.5) is 4.79 Å². The van der Waals surface area contributed by atoms with Gasteiger partial charge in [0.15, 0.2) is 0 Å². The lowest BCUT2D eigenvalue weighted by Crippen LogP contribution is -2.51. The van der Waals surface area contributed by atoms with E-state index in [1.807, 2.05) is 41.5 Å². The Balaban J connectivity index is 4.63. The van der Waals surface area contributed by atoms with E-state index < -0.39 is 5.60 Å². The largest absolute Gasteiger partial charge is 0.444 e. The Morgan fingerprint density at radius 3 is 2.00 bits per heavy atom. The van der Waals surface area contributed by atoms with Crippen molar-refractivity contribution < 1.29 is 9.53 Å². The highest BCUT2D eigenvalue weighted by molar-refractivity contribution is 5.69. The van der Waals surface area contributed by atoms with E-state index >= 15 is 0 Å². The number of rotatable bonds is 6. The third kappa shape index (κ3) is 8.30. The highest BCUT2D eigenvalue weighted by Gasteiger charge is 2.30. The van der Waals surface area contributed by atoms with Crippen molar-refractivity contribution in [2.75, 3.05) is 13.1 Å². The normalized spacial score (nSPS) is 14.2. The monoisotopic (exact) mass is 300 g/mol. The molecule has 126 valence electrons. The van der Waals surface area contributed by atoms with Crippen LogP contribution < -0.4 is 5.32 Å². The Kier molecular flexibility index (Phi) is 7.73. The zero-order valence-corrected chi connectivity index (χ0v) is 15.5. The summed E-state index contributed by atoms with van der Waals surface area (Å²) in [7, 11) is 0. The molecule has 1 amide bonds. The van der Waals surface area contributed by atoms with Gasteiger partial charge in [-0.1, -0.05) is 20.8 Å². The number of amides is 1. The van der Waals surface area contributed by atoms with Crippen molar-refractivity contribution in [2.24, 2.45) is 5.92 Å². The Labute approximate surface area is 131 Å². The fourth-order valence-electron chi connectivity index (χ4n) is 2.23. The van der Waals surface area contributed by atoms with E-state index in [9.17, 15) is 4.79 Å². The second-order valence-electron chi connectivity index (χ2n) is 8.02. The molecule has 0 saturated heterocycles. The zero-order valence-electron chi connectivity index (χ0n) is 15.5. The number of hydrogen-bond donors (Lipinski definition) is 1. The minimum Gasteiger partial charge on any atom is -0.444 e. The summed E-state index contributed by atoms with van der Waals surface area (Å²) >= 11 is 0. The summed E-state index contributed by atoms with van der Waals surface area (Å²) in [6, 6.07) is 0.491. The van der Waals surface area contributed by atoms with Crippen molar-refractivity contribution in [3.63, 3.8) is 0 Å². The first-order valence-electron chi connectivity index (χ1n) is 8.12. The molecule has 4 nitrogen and oxygen atoms in total. The van der Waals surface area contributed by atoms with Crippen LogP contribution in [-0.2, 0) is 4.74 Å². The van der Waals surface area contributed by atoms with E-state index in [0.29, 0.717) is 18.5 Å². The van der Waals surface area contributed by atoms with Gasteiger partial charge in [0.05, 0.1) is 0 Å². The van der Waals surface area contributed by atoms with Crippen LogP contribution in [0.25, 0.3) is 0 Å². The zero-order chi connectivity index (χ0) is 16.8. The molecule has 0 rings (SSSR count). The first-order chi connectivity index (χ1) is 9.38. The summed E-state index contributed by atoms with van der Waals surface area (Å²) in [5, 5.41) is 3.54. The minimum atomic E-state index is -0.460. The van der Waals surface area contributed by atoms with Gasteiger partial charge in [0, 0.05) is 24.7 Å². The number of hydrogen-bond acceptors (Lipinski definition) is 3. The molecule has 0 bridgehead atoms. The average Bonchev–Trinajstić information content (AvgIpc) is 2.23. The van der Waals surface area contributed by atoms with Crippen LogP contribution in [0, 0.1) is 5.92 Å².